The van der Waals surface area contributed by atoms with Crippen molar-refractivity contribution in [3.8, 4) is 0 Å². The van der Waals surface area contributed by atoms with Crippen molar-refractivity contribution in [2.24, 2.45) is 5.41 Å². The van der Waals surface area contributed by atoms with Crippen LogP contribution in [0.15, 0.2) is 35.4 Å². The second-order valence-electron chi connectivity index (χ2n) is 11.7. The molecule has 0 N–H and O–H groups in total. The van der Waals surface area contributed by atoms with E-state index in [2.05, 4.69) is 78.8 Å². The number of aromatic nitrogens is 3. The molecule has 0 aliphatic heterocycles. The Labute approximate surface area is 217 Å². The van der Waals surface area contributed by atoms with Crippen LogP contribution in [0.5, 0.6) is 0 Å². The zero-order valence-corrected chi connectivity index (χ0v) is 23.8. The van der Waals surface area contributed by atoms with E-state index in [4.69, 9.17) is 9.47 Å². The van der Waals surface area contributed by atoms with Gasteiger partial charge in [-0.3, -0.25) is 9.48 Å². The van der Waals surface area contributed by atoms with Gasteiger partial charge in [-0.15, -0.1) is 5.10 Å². The summed E-state index contributed by atoms with van der Waals surface area (Å²) in [6, 6.07) is 8.19. The number of aryl methyl sites for hydroxylation is 2. The first-order valence-corrected chi connectivity index (χ1v) is 13.6. The van der Waals surface area contributed by atoms with Crippen LogP contribution < -0.4 is 0 Å². The zero-order valence-electron chi connectivity index (χ0n) is 23.0. The summed E-state index contributed by atoms with van der Waals surface area (Å²) in [7, 11) is 2.13. The highest BCUT2D eigenvalue weighted by Crippen LogP contribution is 2.24. The van der Waals surface area contributed by atoms with Crippen LogP contribution in [-0.4, -0.2) is 52.4 Å². The highest BCUT2D eigenvalue weighted by Gasteiger charge is 2.25. The maximum Gasteiger partial charge on any atom is 0.194 e. The average molecular weight is 502 g/mol. The van der Waals surface area contributed by atoms with Crippen LogP contribution in [0.1, 0.15) is 79.0 Å². The predicted octanol–water partition coefficient (Wildman–Crippen LogP) is 5.08. The van der Waals surface area contributed by atoms with Crippen molar-refractivity contribution in [2.45, 2.75) is 103 Å². The Bertz CT molecular complexity index is 920. The molecule has 0 aliphatic rings. The Kier molecular flexibility index (Phi) is 11.0. The molecule has 1 aromatic carbocycles. The number of rotatable bonds is 14. The number of benzene rings is 1. The molecule has 1 heterocycles. The van der Waals surface area contributed by atoms with Crippen LogP contribution in [0.25, 0.3) is 0 Å². The molecule has 0 aliphatic carbocycles. The highest BCUT2D eigenvalue weighted by atomic mass is 32.2. The summed E-state index contributed by atoms with van der Waals surface area (Å²) in [4.78, 5) is 13.3. The van der Waals surface area contributed by atoms with Gasteiger partial charge in [-0.25, -0.2) is 0 Å². The molecule has 0 unspecified atom stereocenters. The van der Waals surface area contributed by atoms with E-state index in [1.807, 2.05) is 23.0 Å². The van der Waals surface area contributed by atoms with Crippen molar-refractivity contribution in [3.05, 3.63) is 41.7 Å². The lowest BCUT2D eigenvalue weighted by Crippen LogP contribution is -2.33. The Morgan fingerprint density at radius 3 is 2.29 bits per heavy atom. The van der Waals surface area contributed by atoms with Gasteiger partial charge < -0.3 is 9.47 Å². The van der Waals surface area contributed by atoms with Gasteiger partial charge in [0.1, 0.15) is 7.85 Å². The molecule has 2 aromatic rings. The molecule has 2 rings (SSSR count). The molecule has 35 heavy (non-hydrogen) atoms. The highest BCUT2D eigenvalue weighted by molar-refractivity contribution is 8.13. The summed E-state index contributed by atoms with van der Waals surface area (Å²) in [5.41, 5.74) is 1.80. The van der Waals surface area contributed by atoms with Gasteiger partial charge in [-0.1, -0.05) is 61.8 Å². The predicted molar refractivity (Wildman–Crippen MR) is 147 cm³/mol. The number of carbonyl (C=O) groups is 1. The third kappa shape index (κ3) is 12.2. The van der Waals surface area contributed by atoms with E-state index in [0.717, 1.165) is 42.9 Å². The summed E-state index contributed by atoms with van der Waals surface area (Å²) in [5.74, 6) is 0. The number of hydrogen-bond acceptors (Lipinski definition) is 6. The number of hydrogen-bond donors (Lipinski definition) is 0. The van der Waals surface area contributed by atoms with Gasteiger partial charge in [0.25, 0.3) is 0 Å². The maximum atomic E-state index is 12.3. The molecule has 8 heteroatoms. The van der Waals surface area contributed by atoms with E-state index in [1.165, 1.54) is 17.3 Å². The van der Waals surface area contributed by atoms with E-state index < -0.39 is 0 Å². The van der Waals surface area contributed by atoms with Crippen LogP contribution in [0.4, 0.5) is 0 Å². The molecule has 1 aromatic heterocycles. The second-order valence-corrected chi connectivity index (χ2v) is 12.8. The van der Waals surface area contributed by atoms with Crippen LogP contribution in [0.3, 0.4) is 0 Å². The van der Waals surface area contributed by atoms with Crippen molar-refractivity contribution in [1.29, 1.82) is 0 Å². The van der Waals surface area contributed by atoms with Crippen LogP contribution in [-0.2, 0) is 33.6 Å². The fourth-order valence-electron chi connectivity index (χ4n) is 3.28. The van der Waals surface area contributed by atoms with E-state index >= 15 is 0 Å². The third-order valence-corrected chi connectivity index (χ3v) is 6.71. The summed E-state index contributed by atoms with van der Waals surface area (Å²) in [5, 5.41) is 8.63. The Morgan fingerprint density at radius 2 is 1.66 bits per heavy atom. The maximum absolute atomic E-state index is 12.3. The topological polar surface area (TPSA) is 66.2 Å². The van der Waals surface area contributed by atoms with Crippen molar-refractivity contribution in [3.63, 3.8) is 0 Å². The second kappa shape index (κ2) is 13.1. The summed E-state index contributed by atoms with van der Waals surface area (Å²) in [6.07, 6.45) is 5.65. The monoisotopic (exact) mass is 501 g/mol. The fourth-order valence-corrected chi connectivity index (χ4v) is 4.02. The van der Waals surface area contributed by atoms with Gasteiger partial charge in [0.2, 0.25) is 0 Å². The molecular weight excluding hydrogens is 457 g/mol. The average Bonchev–Trinajstić information content (AvgIpc) is 3.23. The van der Waals surface area contributed by atoms with Crippen molar-refractivity contribution in [1.82, 2.24) is 15.0 Å². The molecule has 0 radical (unpaired) electrons. The number of carbonyl (C=O) groups excluding carboxylic acids is 1. The smallest absolute Gasteiger partial charge is 0.194 e. The molecule has 0 spiro atoms. The molecule has 0 atom stereocenters. The Morgan fingerprint density at radius 1 is 1.00 bits per heavy atom. The minimum absolute atomic E-state index is 0.146. The van der Waals surface area contributed by atoms with E-state index in [9.17, 15) is 4.79 Å². The lowest BCUT2D eigenvalue weighted by molar-refractivity contribution is -0.111. The Hall–Kier alpha value is -1.64. The molecule has 0 saturated carbocycles. The quantitative estimate of drug-likeness (QED) is 0.266. The summed E-state index contributed by atoms with van der Waals surface area (Å²) < 4.78 is 14.1. The normalized spacial score (nSPS) is 12.8. The third-order valence-electron chi connectivity index (χ3n) is 5.77. The summed E-state index contributed by atoms with van der Waals surface area (Å²) >= 11 is 1.30. The van der Waals surface area contributed by atoms with Gasteiger partial charge in [0.15, 0.2) is 5.12 Å². The van der Waals surface area contributed by atoms with E-state index in [1.54, 1.807) is 0 Å². The SMILES string of the molecule is BCc1ccc(SC(=O)CCc2cn(CCC(C)(C)OCCC(C)(C)OCC(C)(C)C)nn2)cc1. The molecule has 0 bridgehead atoms. The lowest BCUT2D eigenvalue weighted by Gasteiger charge is -2.32. The zero-order chi connectivity index (χ0) is 26.1. The lowest BCUT2D eigenvalue weighted by atomic mass is 9.97. The van der Waals surface area contributed by atoms with Gasteiger partial charge in [0.05, 0.1) is 30.1 Å². The minimum atomic E-state index is -0.272. The summed E-state index contributed by atoms with van der Waals surface area (Å²) in [6.45, 7) is 17.1. The molecule has 0 saturated heterocycles. The standard InChI is InChI=1S/C27H44BN3O3S/c1-25(2,3)20-34-27(6,7)15-17-33-26(4,5)14-16-31-19-22(29-30-31)10-13-24(32)35-23-11-8-21(18-28)9-12-23/h8-9,11-12,19H,10,13-18,20,28H2,1-7H3. The first kappa shape index (κ1) is 29.6. The number of ether oxygens (including phenoxy) is 2. The van der Waals surface area contributed by atoms with Gasteiger partial charge >= 0.3 is 0 Å². The molecule has 0 fully saturated rings. The number of thioether (sulfide) groups is 1. The largest absolute Gasteiger partial charge is 0.375 e. The molecular formula is C27H44BN3O3S. The van der Waals surface area contributed by atoms with Crippen molar-refractivity contribution >= 4 is 24.7 Å². The molecule has 6 nitrogen and oxygen atoms in total. The molecule has 194 valence electrons. The van der Waals surface area contributed by atoms with Gasteiger partial charge in [0, 0.05) is 30.5 Å². The van der Waals surface area contributed by atoms with Crippen LogP contribution in [0.2, 0.25) is 0 Å². The van der Waals surface area contributed by atoms with Crippen LogP contribution >= 0.6 is 11.8 Å². The van der Waals surface area contributed by atoms with Gasteiger partial charge in [-0.2, -0.15) is 0 Å². The Balaban J connectivity index is 1.70. The van der Waals surface area contributed by atoms with Crippen molar-refractivity contribution in [2.75, 3.05) is 13.2 Å². The van der Waals surface area contributed by atoms with Gasteiger partial charge in [-0.05, 0) is 58.1 Å². The van der Waals surface area contributed by atoms with Crippen LogP contribution in [0, 0.1) is 5.41 Å². The van der Waals surface area contributed by atoms with E-state index in [-0.39, 0.29) is 21.7 Å². The first-order chi connectivity index (χ1) is 16.3. The fraction of sp³-hybridized carbons (Fsp3) is 0.667. The number of nitrogens with zero attached hydrogens (tertiary/aromatic N) is 3. The van der Waals surface area contributed by atoms with E-state index in [0.29, 0.717) is 19.4 Å². The molecule has 0 amide bonds. The van der Waals surface area contributed by atoms with Crippen molar-refractivity contribution < 1.29 is 14.3 Å². The minimum Gasteiger partial charge on any atom is -0.375 e. The first-order valence-electron chi connectivity index (χ1n) is 12.7.